The highest BCUT2D eigenvalue weighted by molar-refractivity contribution is 5.99. The van der Waals surface area contributed by atoms with E-state index in [9.17, 15) is 4.79 Å². The van der Waals surface area contributed by atoms with Crippen molar-refractivity contribution in [3.8, 4) is 5.75 Å². The molecule has 4 heteroatoms. The number of hydrogen-bond acceptors (Lipinski definition) is 3. The number of carbonyl (C=O) groups excluding carboxylic acids is 1. The number of benzene rings is 2. The van der Waals surface area contributed by atoms with Crippen LogP contribution >= 0.6 is 0 Å². The van der Waals surface area contributed by atoms with Crippen LogP contribution in [0.5, 0.6) is 5.75 Å². The summed E-state index contributed by atoms with van der Waals surface area (Å²) >= 11 is 0. The highest BCUT2D eigenvalue weighted by Gasteiger charge is 2.20. The first-order chi connectivity index (χ1) is 11.1. The summed E-state index contributed by atoms with van der Waals surface area (Å²) in [5.74, 6) is 0.881. The fourth-order valence-corrected chi connectivity index (χ4v) is 2.75. The van der Waals surface area contributed by atoms with Gasteiger partial charge < -0.3 is 14.5 Å². The molecule has 4 nitrogen and oxygen atoms in total. The second-order valence-electron chi connectivity index (χ2n) is 5.49. The fraction of sp³-hybridized carbons (Fsp3) is 0.211. The lowest BCUT2D eigenvalue weighted by Gasteiger charge is -2.16. The topological polar surface area (TPSA) is 51.5 Å². The van der Waals surface area contributed by atoms with Crippen LogP contribution in [0.4, 0.5) is 0 Å². The first-order valence-electron chi connectivity index (χ1n) is 7.53. The minimum atomic E-state index is -0.225. The zero-order valence-electron chi connectivity index (χ0n) is 13.4. The van der Waals surface area contributed by atoms with E-state index in [-0.39, 0.29) is 11.9 Å². The molecular formula is C19H19NO3. The maximum absolute atomic E-state index is 12.6. The van der Waals surface area contributed by atoms with Gasteiger partial charge in [0.1, 0.15) is 11.3 Å². The number of nitrogens with one attached hydrogen (secondary N) is 1. The molecule has 1 heterocycles. The van der Waals surface area contributed by atoms with Crippen LogP contribution in [-0.2, 0) is 0 Å². The molecule has 0 bridgehead atoms. The normalized spacial score (nSPS) is 12.1. The molecule has 0 radical (unpaired) electrons. The van der Waals surface area contributed by atoms with Gasteiger partial charge in [-0.25, -0.2) is 0 Å². The lowest BCUT2D eigenvalue weighted by molar-refractivity contribution is 0.0913. The standard InChI is InChI=1S/C19H19NO3/c1-12-14-8-4-7-11-17(14)23-18(12)19(21)20-13(2)15-9-5-6-10-16(15)22-3/h4-11,13H,1-3H3,(H,20,21)/t13-/m1/s1. The number of ether oxygens (including phenoxy) is 1. The predicted octanol–water partition coefficient (Wildman–Crippen LogP) is 4.24. The summed E-state index contributed by atoms with van der Waals surface area (Å²) in [5.41, 5.74) is 2.50. The lowest BCUT2D eigenvalue weighted by Crippen LogP contribution is -2.27. The van der Waals surface area contributed by atoms with Crippen LogP contribution in [0.1, 0.15) is 34.6 Å². The van der Waals surface area contributed by atoms with Gasteiger partial charge in [0.05, 0.1) is 13.2 Å². The van der Waals surface area contributed by atoms with Gasteiger partial charge in [-0.15, -0.1) is 0 Å². The Morgan fingerprint density at radius 1 is 1.13 bits per heavy atom. The monoisotopic (exact) mass is 309 g/mol. The molecule has 1 amide bonds. The van der Waals surface area contributed by atoms with Crippen molar-refractivity contribution < 1.29 is 13.9 Å². The Morgan fingerprint density at radius 2 is 1.83 bits per heavy atom. The van der Waals surface area contributed by atoms with Gasteiger partial charge >= 0.3 is 0 Å². The van der Waals surface area contributed by atoms with E-state index in [2.05, 4.69) is 5.32 Å². The second-order valence-corrected chi connectivity index (χ2v) is 5.49. The molecule has 0 aliphatic carbocycles. The molecule has 23 heavy (non-hydrogen) atoms. The summed E-state index contributed by atoms with van der Waals surface area (Å²) in [6.45, 7) is 3.82. The van der Waals surface area contributed by atoms with E-state index in [0.717, 1.165) is 27.8 Å². The summed E-state index contributed by atoms with van der Waals surface area (Å²) in [6, 6.07) is 15.1. The molecular weight excluding hydrogens is 290 g/mol. The molecule has 118 valence electrons. The number of rotatable bonds is 4. The third kappa shape index (κ3) is 2.80. The molecule has 0 fully saturated rings. The van der Waals surface area contributed by atoms with Crippen LogP contribution in [0.25, 0.3) is 11.0 Å². The maximum atomic E-state index is 12.6. The summed E-state index contributed by atoms with van der Waals surface area (Å²) in [6.07, 6.45) is 0. The van der Waals surface area contributed by atoms with Crippen LogP contribution in [0.15, 0.2) is 52.9 Å². The van der Waals surface area contributed by atoms with E-state index >= 15 is 0 Å². The third-order valence-electron chi connectivity index (χ3n) is 4.00. The molecule has 0 spiro atoms. The average molecular weight is 309 g/mol. The summed E-state index contributed by atoms with van der Waals surface area (Å²) < 4.78 is 11.1. The van der Waals surface area contributed by atoms with Gasteiger partial charge in [-0.05, 0) is 26.0 Å². The van der Waals surface area contributed by atoms with Crippen molar-refractivity contribution in [2.24, 2.45) is 0 Å². The number of furan rings is 1. The second kappa shape index (κ2) is 6.16. The van der Waals surface area contributed by atoms with Gasteiger partial charge in [-0.3, -0.25) is 4.79 Å². The molecule has 0 aliphatic heterocycles. The van der Waals surface area contributed by atoms with E-state index in [1.165, 1.54) is 0 Å². The van der Waals surface area contributed by atoms with E-state index in [1.807, 2.05) is 62.4 Å². The van der Waals surface area contributed by atoms with Gasteiger partial charge in [0, 0.05) is 16.5 Å². The number of methoxy groups -OCH3 is 1. The molecule has 1 N–H and O–H groups in total. The number of para-hydroxylation sites is 2. The Kier molecular flexibility index (Phi) is 4.06. The fourth-order valence-electron chi connectivity index (χ4n) is 2.75. The van der Waals surface area contributed by atoms with Crippen LogP contribution in [0.3, 0.4) is 0 Å². The van der Waals surface area contributed by atoms with Crippen molar-refractivity contribution in [1.82, 2.24) is 5.32 Å². The van der Waals surface area contributed by atoms with Crippen LogP contribution in [0.2, 0.25) is 0 Å². The Bertz CT molecular complexity index is 851. The molecule has 0 saturated carbocycles. The largest absolute Gasteiger partial charge is 0.496 e. The molecule has 0 saturated heterocycles. The molecule has 0 aliphatic rings. The van der Waals surface area contributed by atoms with Gasteiger partial charge in [0.25, 0.3) is 5.91 Å². The Balaban J connectivity index is 1.87. The van der Waals surface area contributed by atoms with Gasteiger partial charge in [0.2, 0.25) is 0 Å². The van der Waals surface area contributed by atoms with Crippen molar-refractivity contribution in [3.63, 3.8) is 0 Å². The first-order valence-corrected chi connectivity index (χ1v) is 7.53. The summed E-state index contributed by atoms with van der Waals surface area (Å²) in [7, 11) is 1.62. The molecule has 0 unspecified atom stereocenters. The lowest BCUT2D eigenvalue weighted by atomic mass is 10.1. The van der Waals surface area contributed by atoms with Crippen molar-refractivity contribution in [2.45, 2.75) is 19.9 Å². The smallest absolute Gasteiger partial charge is 0.287 e. The Labute approximate surface area is 135 Å². The van der Waals surface area contributed by atoms with E-state index in [4.69, 9.17) is 9.15 Å². The van der Waals surface area contributed by atoms with Crippen LogP contribution < -0.4 is 10.1 Å². The number of aryl methyl sites for hydroxylation is 1. The van der Waals surface area contributed by atoms with Crippen LogP contribution in [-0.4, -0.2) is 13.0 Å². The average Bonchev–Trinajstić information content (AvgIpc) is 2.92. The number of fused-ring (bicyclic) bond motifs is 1. The van der Waals surface area contributed by atoms with Crippen molar-refractivity contribution in [2.75, 3.05) is 7.11 Å². The van der Waals surface area contributed by atoms with Gasteiger partial charge in [-0.2, -0.15) is 0 Å². The minimum Gasteiger partial charge on any atom is -0.496 e. The van der Waals surface area contributed by atoms with Crippen LogP contribution in [0, 0.1) is 6.92 Å². The quantitative estimate of drug-likeness (QED) is 0.784. The number of carbonyl (C=O) groups is 1. The zero-order chi connectivity index (χ0) is 16.4. The molecule has 2 aromatic carbocycles. The number of hydrogen-bond donors (Lipinski definition) is 1. The predicted molar refractivity (Wildman–Crippen MR) is 89.8 cm³/mol. The summed E-state index contributed by atoms with van der Waals surface area (Å²) in [5, 5.41) is 3.94. The first kappa shape index (κ1) is 15.2. The highest BCUT2D eigenvalue weighted by atomic mass is 16.5. The molecule has 3 aromatic rings. The van der Waals surface area contributed by atoms with Crippen molar-refractivity contribution in [3.05, 3.63) is 65.4 Å². The molecule has 3 rings (SSSR count). The van der Waals surface area contributed by atoms with E-state index in [1.54, 1.807) is 7.11 Å². The molecule has 1 aromatic heterocycles. The van der Waals surface area contributed by atoms with Crippen molar-refractivity contribution >= 4 is 16.9 Å². The van der Waals surface area contributed by atoms with Gasteiger partial charge in [-0.1, -0.05) is 36.4 Å². The Morgan fingerprint density at radius 3 is 2.57 bits per heavy atom. The molecule has 1 atom stereocenters. The Hall–Kier alpha value is -2.75. The third-order valence-corrected chi connectivity index (χ3v) is 4.00. The zero-order valence-corrected chi connectivity index (χ0v) is 13.4. The highest BCUT2D eigenvalue weighted by Crippen LogP contribution is 2.27. The van der Waals surface area contributed by atoms with E-state index < -0.39 is 0 Å². The maximum Gasteiger partial charge on any atom is 0.287 e. The summed E-state index contributed by atoms with van der Waals surface area (Å²) in [4.78, 5) is 12.6. The van der Waals surface area contributed by atoms with Gasteiger partial charge in [0.15, 0.2) is 5.76 Å². The number of amides is 1. The van der Waals surface area contributed by atoms with Crippen molar-refractivity contribution in [1.29, 1.82) is 0 Å². The SMILES string of the molecule is COc1ccccc1[C@@H](C)NC(=O)c1oc2ccccc2c1C. The van der Waals surface area contributed by atoms with E-state index in [0.29, 0.717) is 5.76 Å². The minimum absolute atomic E-state index is 0.189.